The minimum Gasteiger partial charge on any atom is -0.493 e. The highest BCUT2D eigenvalue weighted by atomic mass is 19.4. The molecule has 11 heteroatoms. The Hall–Kier alpha value is -2.95. The van der Waals surface area contributed by atoms with Crippen molar-refractivity contribution in [2.24, 2.45) is 0 Å². The van der Waals surface area contributed by atoms with Gasteiger partial charge in [0.25, 0.3) is 0 Å². The fraction of sp³-hybridized carbons (Fsp3) is 0.600. The number of anilines is 2. The molecular weight excluding hydrogens is 477 g/mol. The smallest absolute Gasteiger partial charge is 0.493 e. The Morgan fingerprint density at radius 2 is 1.89 bits per heavy atom. The van der Waals surface area contributed by atoms with Gasteiger partial charge in [0.2, 0.25) is 0 Å². The fourth-order valence-corrected chi connectivity index (χ4v) is 4.71. The minimum atomic E-state index is -5.10. The average Bonchev–Trinajstić information content (AvgIpc) is 3.34. The first kappa shape index (κ1) is 26.1. The first-order valence-electron chi connectivity index (χ1n) is 12.4. The van der Waals surface area contributed by atoms with Crippen LogP contribution in [0.25, 0.3) is 10.9 Å². The van der Waals surface area contributed by atoms with Crippen LogP contribution in [0, 0.1) is 0 Å². The van der Waals surface area contributed by atoms with Crippen LogP contribution >= 0.6 is 0 Å². The first-order chi connectivity index (χ1) is 17.2. The highest BCUT2D eigenvalue weighted by Gasteiger charge is 2.43. The Morgan fingerprint density at radius 3 is 2.56 bits per heavy atom. The van der Waals surface area contributed by atoms with Crippen molar-refractivity contribution in [2.75, 3.05) is 50.3 Å². The summed E-state index contributed by atoms with van der Waals surface area (Å²) in [6.45, 7) is 7.73. The Morgan fingerprint density at radius 1 is 1.14 bits per heavy atom. The van der Waals surface area contributed by atoms with E-state index in [4.69, 9.17) is 19.3 Å². The van der Waals surface area contributed by atoms with Crippen molar-refractivity contribution in [3.8, 4) is 11.5 Å². The molecule has 2 aliphatic heterocycles. The molecular formula is C25H33F3N4O4. The van der Waals surface area contributed by atoms with Crippen LogP contribution in [0.4, 0.5) is 24.7 Å². The number of hydrogen-bond acceptors (Lipinski definition) is 8. The Kier molecular flexibility index (Phi) is 7.97. The number of methoxy groups -OCH3 is 1. The topological polar surface area (TPSA) is 76.2 Å². The first-order valence-corrected chi connectivity index (χ1v) is 12.4. The number of hydrogen-bond donors (Lipinski definition) is 1. The third-order valence-corrected chi connectivity index (χ3v) is 6.30. The number of alkyl halides is 3. The summed E-state index contributed by atoms with van der Waals surface area (Å²) in [6, 6.07) is 3.45. The zero-order valence-electron chi connectivity index (χ0n) is 20.9. The van der Waals surface area contributed by atoms with Crippen LogP contribution in [0.15, 0.2) is 12.1 Å². The molecule has 0 amide bonds. The number of benzene rings is 1. The van der Waals surface area contributed by atoms with E-state index < -0.39 is 12.1 Å². The predicted molar refractivity (Wildman–Crippen MR) is 131 cm³/mol. The molecule has 0 atom stereocenters. The Bertz CT molecular complexity index is 1090. The average molecular weight is 511 g/mol. The van der Waals surface area contributed by atoms with Crippen LogP contribution in [-0.2, 0) is 16.1 Å². The Balaban J connectivity index is 1.69. The Labute approximate surface area is 208 Å². The van der Waals surface area contributed by atoms with E-state index in [-0.39, 0.29) is 12.6 Å². The van der Waals surface area contributed by atoms with E-state index in [1.54, 1.807) is 12.1 Å². The molecule has 1 aromatic carbocycles. The van der Waals surface area contributed by atoms with Gasteiger partial charge >= 0.3 is 12.1 Å². The third-order valence-electron chi connectivity index (χ3n) is 6.30. The quantitative estimate of drug-likeness (QED) is 0.487. The van der Waals surface area contributed by atoms with Crippen molar-refractivity contribution >= 4 is 28.4 Å². The van der Waals surface area contributed by atoms with Gasteiger partial charge < -0.3 is 24.5 Å². The molecule has 3 heterocycles. The SMILES string of the molecule is COc1cc2c3c(c(NC(C)C)nc2cc1OCCCN1CCCC1)CCCN3OC(=O)C(F)(F)F. The van der Waals surface area contributed by atoms with Gasteiger partial charge in [0, 0.05) is 29.6 Å². The maximum atomic E-state index is 13.0. The van der Waals surface area contributed by atoms with Crippen molar-refractivity contribution in [3.63, 3.8) is 0 Å². The van der Waals surface area contributed by atoms with E-state index in [1.807, 2.05) is 13.8 Å². The van der Waals surface area contributed by atoms with Crippen LogP contribution in [0.5, 0.6) is 11.5 Å². The lowest BCUT2D eigenvalue weighted by molar-refractivity contribution is -0.201. The van der Waals surface area contributed by atoms with Crippen LogP contribution in [0.2, 0.25) is 0 Å². The zero-order valence-corrected chi connectivity index (χ0v) is 20.9. The number of ether oxygens (including phenoxy) is 2. The van der Waals surface area contributed by atoms with Gasteiger partial charge in [-0.3, -0.25) is 0 Å². The summed E-state index contributed by atoms with van der Waals surface area (Å²) in [6.07, 6.45) is -0.694. The molecule has 0 radical (unpaired) electrons. The maximum absolute atomic E-state index is 13.0. The number of aromatic nitrogens is 1. The summed E-state index contributed by atoms with van der Waals surface area (Å²) in [7, 11) is 1.51. The molecule has 1 fully saturated rings. The lowest BCUT2D eigenvalue weighted by Crippen LogP contribution is -2.38. The molecule has 2 aromatic rings. The van der Waals surface area contributed by atoms with Crippen LogP contribution < -0.4 is 19.9 Å². The van der Waals surface area contributed by atoms with Crippen molar-refractivity contribution in [1.29, 1.82) is 0 Å². The van der Waals surface area contributed by atoms with Crippen molar-refractivity contribution in [2.45, 2.75) is 58.2 Å². The summed E-state index contributed by atoms with van der Waals surface area (Å²) in [5.41, 5.74) is 1.58. The van der Waals surface area contributed by atoms with Gasteiger partial charge in [-0.05, 0) is 65.1 Å². The molecule has 0 unspecified atom stereocenters. The number of halogens is 3. The normalized spacial score (nSPS) is 16.4. The van der Waals surface area contributed by atoms with Gasteiger partial charge in [0.05, 0.1) is 31.5 Å². The summed E-state index contributed by atoms with van der Waals surface area (Å²) in [4.78, 5) is 23.7. The molecule has 198 valence electrons. The van der Waals surface area contributed by atoms with E-state index in [1.165, 1.54) is 20.0 Å². The van der Waals surface area contributed by atoms with Crippen LogP contribution in [-0.4, -0.2) is 68.0 Å². The van der Waals surface area contributed by atoms with Crippen molar-refractivity contribution < 1.29 is 32.3 Å². The monoisotopic (exact) mass is 510 g/mol. The number of rotatable bonds is 9. The number of fused-ring (bicyclic) bond motifs is 3. The van der Waals surface area contributed by atoms with Gasteiger partial charge in [-0.2, -0.15) is 13.2 Å². The molecule has 2 aliphatic rings. The number of nitrogens with zero attached hydrogens (tertiary/aromatic N) is 3. The van der Waals surface area contributed by atoms with E-state index in [0.29, 0.717) is 58.9 Å². The highest BCUT2D eigenvalue weighted by molar-refractivity contribution is 5.98. The van der Waals surface area contributed by atoms with E-state index >= 15 is 0 Å². The highest BCUT2D eigenvalue weighted by Crippen LogP contribution is 2.43. The number of carbonyl (C=O) groups excluding carboxylic acids is 1. The standard InChI is InChI=1S/C25H33F3N4O4/c1-16(2)29-23-17-8-6-12-32(36-24(33)25(26,27)28)22(17)18-14-20(34-3)21(15-19(18)30-23)35-13-7-11-31-9-4-5-10-31/h14-16H,4-13H2,1-3H3,(H,29,30). The van der Waals surface area contributed by atoms with Crippen molar-refractivity contribution in [3.05, 3.63) is 17.7 Å². The second-order valence-corrected chi connectivity index (χ2v) is 9.44. The van der Waals surface area contributed by atoms with Gasteiger partial charge in [-0.1, -0.05) is 0 Å². The van der Waals surface area contributed by atoms with Gasteiger partial charge in [-0.15, -0.1) is 0 Å². The number of likely N-dealkylation sites (tertiary alicyclic amines) is 1. The van der Waals surface area contributed by atoms with Gasteiger partial charge in [0.1, 0.15) is 5.82 Å². The third kappa shape index (κ3) is 5.88. The molecule has 1 aromatic heterocycles. The van der Waals surface area contributed by atoms with Crippen LogP contribution in [0.3, 0.4) is 0 Å². The fourth-order valence-electron chi connectivity index (χ4n) is 4.71. The molecule has 4 rings (SSSR count). The number of carbonyl (C=O) groups is 1. The minimum absolute atomic E-state index is 0.0340. The summed E-state index contributed by atoms with van der Waals surface area (Å²) < 4.78 is 50.6. The van der Waals surface area contributed by atoms with Gasteiger partial charge in [0.15, 0.2) is 11.5 Å². The number of nitrogens with one attached hydrogen (secondary N) is 1. The summed E-state index contributed by atoms with van der Waals surface area (Å²) in [5, 5.41) is 4.83. The lowest BCUT2D eigenvalue weighted by atomic mass is 9.99. The summed E-state index contributed by atoms with van der Waals surface area (Å²) in [5.74, 6) is -0.775. The molecule has 0 spiro atoms. The lowest BCUT2D eigenvalue weighted by Gasteiger charge is -2.32. The predicted octanol–water partition coefficient (Wildman–Crippen LogP) is 4.70. The van der Waals surface area contributed by atoms with E-state index in [9.17, 15) is 18.0 Å². The second-order valence-electron chi connectivity index (χ2n) is 9.44. The molecule has 1 N–H and O–H groups in total. The second kappa shape index (κ2) is 11.0. The molecule has 36 heavy (non-hydrogen) atoms. The molecule has 0 aliphatic carbocycles. The number of hydroxylamine groups is 1. The molecule has 1 saturated heterocycles. The van der Waals surface area contributed by atoms with E-state index in [0.717, 1.165) is 31.1 Å². The van der Waals surface area contributed by atoms with E-state index in [2.05, 4.69) is 10.2 Å². The summed E-state index contributed by atoms with van der Waals surface area (Å²) >= 11 is 0. The van der Waals surface area contributed by atoms with Crippen molar-refractivity contribution in [1.82, 2.24) is 9.88 Å². The molecule has 0 saturated carbocycles. The zero-order chi connectivity index (χ0) is 25.9. The molecule has 0 bridgehead atoms. The van der Waals surface area contributed by atoms with Crippen LogP contribution in [0.1, 0.15) is 45.1 Å². The maximum Gasteiger partial charge on any atom is 0.493 e. The molecule has 8 nitrogen and oxygen atoms in total. The van der Waals surface area contributed by atoms with Gasteiger partial charge in [-0.25, -0.2) is 14.8 Å². The largest absolute Gasteiger partial charge is 0.493 e. The number of pyridine rings is 1.